The van der Waals surface area contributed by atoms with Crippen LogP contribution in [0.2, 0.25) is 0 Å². The van der Waals surface area contributed by atoms with Crippen molar-refractivity contribution in [2.45, 2.75) is 12.3 Å². The van der Waals surface area contributed by atoms with Crippen molar-refractivity contribution >= 4 is 6.08 Å². The minimum atomic E-state index is 0.809. The van der Waals surface area contributed by atoms with Gasteiger partial charge >= 0.3 is 0 Å². The fourth-order valence-electron chi connectivity index (χ4n) is 1.88. The van der Waals surface area contributed by atoms with Crippen LogP contribution in [0.3, 0.4) is 0 Å². The summed E-state index contributed by atoms with van der Waals surface area (Å²) in [5, 5.41) is 0. The van der Waals surface area contributed by atoms with Gasteiger partial charge in [0.15, 0.2) is 0 Å². The molecule has 0 aliphatic heterocycles. The van der Waals surface area contributed by atoms with E-state index >= 15 is 0 Å². The number of hydrogen-bond acceptors (Lipinski definition) is 1. The average molecular weight is 143 g/mol. The number of fused-ring (bicyclic) bond motifs is 3. The van der Waals surface area contributed by atoms with Gasteiger partial charge in [0.1, 0.15) is 0 Å². The second-order valence-corrected chi connectivity index (χ2v) is 3.34. The number of nitrogens with zero attached hydrogens (tertiary/aromatic N) is 1. The summed E-state index contributed by atoms with van der Waals surface area (Å²) >= 11 is 0. The van der Waals surface area contributed by atoms with E-state index in [0.29, 0.717) is 0 Å². The molecule has 0 spiro atoms. The Balaban J connectivity index is 2.24. The predicted octanol–water partition coefficient (Wildman–Crippen LogP) is 2.21. The van der Waals surface area contributed by atoms with Gasteiger partial charge in [0.25, 0.3) is 0 Å². The van der Waals surface area contributed by atoms with Gasteiger partial charge in [-0.3, -0.25) is 4.98 Å². The second kappa shape index (κ2) is 1.73. The Morgan fingerprint density at radius 2 is 2.45 bits per heavy atom. The monoisotopic (exact) mass is 143 g/mol. The lowest BCUT2D eigenvalue weighted by Gasteiger charge is -2.06. The quantitative estimate of drug-likeness (QED) is 0.542. The summed E-state index contributed by atoms with van der Waals surface area (Å²) < 4.78 is 0. The molecule has 0 bridgehead atoms. The Morgan fingerprint density at radius 1 is 1.45 bits per heavy atom. The molecule has 3 rings (SSSR count). The first-order valence-electron chi connectivity index (χ1n) is 4.08. The Labute approximate surface area is 65.8 Å². The van der Waals surface area contributed by atoms with Gasteiger partial charge in [-0.05, 0) is 36.0 Å². The second-order valence-electron chi connectivity index (χ2n) is 3.34. The maximum Gasteiger partial charge on any atom is 0.0661 e. The third-order valence-electron chi connectivity index (χ3n) is 2.61. The Kier molecular flexibility index (Phi) is 0.869. The number of pyridine rings is 1. The van der Waals surface area contributed by atoms with Crippen molar-refractivity contribution < 1.29 is 0 Å². The van der Waals surface area contributed by atoms with Gasteiger partial charge < -0.3 is 0 Å². The maximum atomic E-state index is 4.31. The van der Waals surface area contributed by atoms with E-state index in [9.17, 15) is 0 Å². The van der Waals surface area contributed by atoms with Crippen LogP contribution in [0.1, 0.15) is 23.6 Å². The van der Waals surface area contributed by atoms with Crippen molar-refractivity contribution in [3.05, 3.63) is 35.7 Å². The molecule has 1 heteroatoms. The zero-order valence-electron chi connectivity index (χ0n) is 6.20. The predicted molar refractivity (Wildman–Crippen MR) is 44.1 cm³/mol. The molecule has 1 saturated carbocycles. The normalized spacial score (nSPS) is 30.9. The molecule has 11 heavy (non-hydrogen) atoms. The molecule has 1 fully saturated rings. The molecule has 1 aromatic rings. The molecule has 1 aromatic heterocycles. The third kappa shape index (κ3) is 0.681. The van der Waals surface area contributed by atoms with E-state index in [1.54, 1.807) is 0 Å². The minimum absolute atomic E-state index is 0.809. The van der Waals surface area contributed by atoms with Crippen LogP contribution >= 0.6 is 0 Å². The number of allylic oxidation sites excluding steroid dienone is 1. The van der Waals surface area contributed by atoms with Crippen LogP contribution in [0.4, 0.5) is 0 Å². The van der Waals surface area contributed by atoms with E-state index in [4.69, 9.17) is 0 Å². The van der Waals surface area contributed by atoms with Crippen molar-refractivity contribution in [3.8, 4) is 0 Å². The summed E-state index contributed by atoms with van der Waals surface area (Å²) in [6, 6.07) is 4.24. The van der Waals surface area contributed by atoms with Crippen LogP contribution < -0.4 is 0 Å². The van der Waals surface area contributed by atoms with E-state index in [0.717, 1.165) is 11.8 Å². The first kappa shape index (κ1) is 5.53. The molecule has 1 nitrogen and oxygen atoms in total. The van der Waals surface area contributed by atoms with Crippen molar-refractivity contribution in [2.75, 3.05) is 0 Å². The van der Waals surface area contributed by atoms with Crippen molar-refractivity contribution in [1.82, 2.24) is 4.98 Å². The fraction of sp³-hybridized carbons (Fsp3) is 0.300. The zero-order chi connectivity index (χ0) is 7.26. The molecule has 1 heterocycles. The van der Waals surface area contributed by atoms with Crippen LogP contribution in [-0.4, -0.2) is 4.98 Å². The summed E-state index contributed by atoms with van der Waals surface area (Å²) in [5.41, 5.74) is 2.64. The molecule has 0 N–H and O–H groups in total. The van der Waals surface area contributed by atoms with E-state index in [1.165, 1.54) is 17.7 Å². The highest BCUT2D eigenvalue weighted by Gasteiger charge is 2.39. The minimum Gasteiger partial charge on any atom is -0.257 e. The van der Waals surface area contributed by atoms with E-state index in [2.05, 4.69) is 23.2 Å². The lowest BCUT2D eigenvalue weighted by atomic mass is 10.0. The lowest BCUT2D eigenvalue weighted by molar-refractivity contribution is 0.974. The molecule has 0 radical (unpaired) electrons. The first-order chi connectivity index (χ1) is 5.45. The van der Waals surface area contributed by atoms with Gasteiger partial charge in [0, 0.05) is 6.20 Å². The largest absolute Gasteiger partial charge is 0.257 e. The number of rotatable bonds is 0. The number of hydrogen-bond donors (Lipinski definition) is 0. The van der Waals surface area contributed by atoms with Crippen LogP contribution in [0.5, 0.6) is 0 Å². The Morgan fingerprint density at radius 3 is 3.45 bits per heavy atom. The van der Waals surface area contributed by atoms with Crippen molar-refractivity contribution in [1.29, 1.82) is 0 Å². The van der Waals surface area contributed by atoms with E-state index in [-0.39, 0.29) is 0 Å². The zero-order valence-corrected chi connectivity index (χ0v) is 6.20. The summed E-state index contributed by atoms with van der Waals surface area (Å²) in [4.78, 5) is 4.31. The summed E-state index contributed by atoms with van der Waals surface area (Å²) in [5.74, 6) is 1.65. The Hall–Kier alpha value is -1.11. The van der Waals surface area contributed by atoms with Gasteiger partial charge in [0.2, 0.25) is 0 Å². The molecular weight excluding hydrogens is 134 g/mol. The number of aromatic nitrogens is 1. The molecule has 2 unspecified atom stereocenters. The fourth-order valence-corrected chi connectivity index (χ4v) is 1.88. The van der Waals surface area contributed by atoms with Crippen LogP contribution in [0, 0.1) is 5.92 Å². The van der Waals surface area contributed by atoms with Crippen LogP contribution in [0.15, 0.2) is 24.4 Å². The smallest absolute Gasteiger partial charge is 0.0661 e. The maximum absolute atomic E-state index is 4.31. The topological polar surface area (TPSA) is 12.9 Å². The van der Waals surface area contributed by atoms with Gasteiger partial charge in [-0.2, -0.15) is 0 Å². The molecule has 0 saturated heterocycles. The van der Waals surface area contributed by atoms with Crippen LogP contribution in [-0.2, 0) is 0 Å². The third-order valence-corrected chi connectivity index (χ3v) is 2.61. The van der Waals surface area contributed by atoms with Crippen molar-refractivity contribution in [3.63, 3.8) is 0 Å². The molecule has 0 aromatic carbocycles. The summed E-state index contributed by atoms with van der Waals surface area (Å²) in [7, 11) is 0. The molecular formula is C10H9N. The molecule has 2 aliphatic carbocycles. The highest BCUT2D eigenvalue weighted by molar-refractivity contribution is 5.57. The molecule has 54 valence electrons. The molecule has 2 aliphatic rings. The van der Waals surface area contributed by atoms with Crippen molar-refractivity contribution in [2.24, 2.45) is 5.92 Å². The van der Waals surface area contributed by atoms with Gasteiger partial charge in [0.05, 0.1) is 5.69 Å². The standard InChI is InChI=1S/C10H9N/c1-2-8-9-6-7(9)3-4-10(8)11-5-1/h1-5,7,9H,6H2. The summed E-state index contributed by atoms with van der Waals surface area (Å²) in [6.45, 7) is 0. The highest BCUT2D eigenvalue weighted by Crippen LogP contribution is 2.51. The first-order valence-corrected chi connectivity index (χ1v) is 4.08. The SMILES string of the molecule is C1=CC2CC2c2cccnc21. The molecule has 0 amide bonds. The average Bonchev–Trinajstić information content (AvgIpc) is 2.83. The van der Waals surface area contributed by atoms with E-state index < -0.39 is 0 Å². The van der Waals surface area contributed by atoms with Gasteiger partial charge in [-0.25, -0.2) is 0 Å². The highest BCUT2D eigenvalue weighted by atomic mass is 14.7. The van der Waals surface area contributed by atoms with E-state index in [1.807, 2.05) is 12.3 Å². The van der Waals surface area contributed by atoms with Crippen LogP contribution in [0.25, 0.3) is 6.08 Å². The summed E-state index contributed by atoms with van der Waals surface area (Å²) in [6.07, 6.45) is 7.66. The lowest BCUT2D eigenvalue weighted by Crippen LogP contribution is -1.94. The Bertz CT molecular complexity index is 327. The van der Waals surface area contributed by atoms with Gasteiger partial charge in [-0.15, -0.1) is 0 Å². The van der Waals surface area contributed by atoms with Gasteiger partial charge in [-0.1, -0.05) is 12.1 Å². The molecule has 2 atom stereocenters.